The van der Waals surface area contributed by atoms with Gasteiger partial charge >= 0.3 is 5.97 Å². The average Bonchev–Trinajstić information content (AvgIpc) is 3.00. The second-order valence-electron chi connectivity index (χ2n) is 9.92. The fourth-order valence-corrected chi connectivity index (χ4v) is 4.75. The van der Waals surface area contributed by atoms with Crippen LogP contribution in [0.5, 0.6) is 11.5 Å². The van der Waals surface area contributed by atoms with E-state index in [0.29, 0.717) is 26.2 Å². The number of unbranched alkanes of at least 4 members (excludes halogenated alkanes) is 3. The predicted octanol–water partition coefficient (Wildman–Crippen LogP) is 8.61. The van der Waals surface area contributed by atoms with Gasteiger partial charge in [-0.3, -0.25) is 4.79 Å². The molecule has 0 aliphatic heterocycles. The highest BCUT2D eigenvalue weighted by Gasteiger charge is 2.08. The van der Waals surface area contributed by atoms with Crippen molar-refractivity contribution in [1.82, 2.24) is 0 Å². The minimum absolute atomic E-state index is 0.124. The molecule has 0 N–H and O–H groups in total. The summed E-state index contributed by atoms with van der Waals surface area (Å²) in [7, 11) is 0. The largest absolute Gasteiger partial charge is 0.493 e. The maximum Gasteiger partial charge on any atom is 0.306 e. The molecule has 4 heteroatoms. The minimum atomic E-state index is -0.124. The molecule has 0 saturated heterocycles. The number of carbonyl (C=O) groups is 1. The molecule has 0 aromatic heterocycles. The Bertz CT molecular complexity index is 1300. The Labute approximate surface area is 238 Å². The summed E-state index contributed by atoms with van der Waals surface area (Å²) in [5, 5.41) is 0. The molecule has 0 heterocycles. The van der Waals surface area contributed by atoms with Crippen molar-refractivity contribution in [1.29, 1.82) is 0 Å². The highest BCUT2D eigenvalue weighted by molar-refractivity contribution is 5.69. The van der Waals surface area contributed by atoms with Gasteiger partial charge in [0.15, 0.2) is 0 Å². The van der Waals surface area contributed by atoms with Gasteiger partial charge in [0.2, 0.25) is 0 Å². The number of ether oxygens (including phenoxy) is 3. The lowest BCUT2D eigenvalue weighted by Crippen LogP contribution is -2.06. The van der Waals surface area contributed by atoms with Crippen LogP contribution in [0.25, 0.3) is 11.1 Å². The van der Waals surface area contributed by atoms with Crippen LogP contribution in [0.1, 0.15) is 55.7 Å². The first-order valence-electron chi connectivity index (χ1n) is 14.4. The maximum absolute atomic E-state index is 11.8. The fraction of sp³-hybridized carbons (Fsp3) is 0.306. The van der Waals surface area contributed by atoms with Crippen molar-refractivity contribution < 1.29 is 19.0 Å². The van der Waals surface area contributed by atoms with Crippen molar-refractivity contribution in [2.45, 2.75) is 58.5 Å². The molecule has 0 radical (unpaired) electrons. The van der Waals surface area contributed by atoms with Gasteiger partial charge in [0.1, 0.15) is 18.1 Å². The second-order valence-corrected chi connectivity index (χ2v) is 9.92. The van der Waals surface area contributed by atoms with E-state index in [1.807, 2.05) is 55.5 Å². The molecule has 0 bridgehead atoms. The first-order valence-corrected chi connectivity index (χ1v) is 14.4. The normalized spacial score (nSPS) is 10.7. The first kappa shape index (κ1) is 28.9. The summed E-state index contributed by atoms with van der Waals surface area (Å²) in [5.74, 6) is 1.52. The van der Waals surface area contributed by atoms with Gasteiger partial charge in [-0.1, -0.05) is 97.8 Å². The first-order chi connectivity index (χ1) is 19.7. The van der Waals surface area contributed by atoms with E-state index in [-0.39, 0.29) is 5.97 Å². The maximum atomic E-state index is 11.8. The smallest absolute Gasteiger partial charge is 0.306 e. The lowest BCUT2D eigenvalue weighted by Gasteiger charge is -2.13. The molecule has 0 aliphatic rings. The summed E-state index contributed by atoms with van der Waals surface area (Å²) < 4.78 is 17.4. The Morgan fingerprint density at radius 3 is 1.98 bits per heavy atom. The Kier molecular flexibility index (Phi) is 11.7. The van der Waals surface area contributed by atoms with Crippen LogP contribution in [-0.2, 0) is 29.0 Å². The Morgan fingerprint density at radius 2 is 1.25 bits per heavy atom. The number of benzene rings is 4. The van der Waals surface area contributed by atoms with E-state index in [9.17, 15) is 4.79 Å². The van der Waals surface area contributed by atoms with E-state index in [1.54, 1.807) is 0 Å². The topological polar surface area (TPSA) is 44.8 Å². The number of rotatable bonds is 16. The molecule has 0 unspecified atom stereocenters. The van der Waals surface area contributed by atoms with E-state index < -0.39 is 0 Å². The average molecular weight is 537 g/mol. The van der Waals surface area contributed by atoms with Crippen molar-refractivity contribution in [3.8, 4) is 22.6 Å². The molecule has 0 aliphatic carbocycles. The lowest BCUT2D eigenvalue weighted by atomic mass is 9.98. The predicted molar refractivity (Wildman–Crippen MR) is 162 cm³/mol. The molecule has 0 spiro atoms. The van der Waals surface area contributed by atoms with Crippen LogP contribution in [0.2, 0.25) is 0 Å². The van der Waals surface area contributed by atoms with Crippen LogP contribution < -0.4 is 9.47 Å². The summed E-state index contributed by atoms with van der Waals surface area (Å²) in [6.07, 6.45) is 6.58. The van der Waals surface area contributed by atoms with Gasteiger partial charge in [-0.25, -0.2) is 0 Å². The van der Waals surface area contributed by atoms with Crippen LogP contribution in [0, 0.1) is 0 Å². The fourth-order valence-electron chi connectivity index (χ4n) is 4.75. The summed E-state index contributed by atoms with van der Waals surface area (Å²) in [6.45, 7) is 3.47. The van der Waals surface area contributed by atoms with Gasteiger partial charge in [-0.15, -0.1) is 0 Å². The minimum Gasteiger partial charge on any atom is -0.493 e. The van der Waals surface area contributed by atoms with E-state index in [0.717, 1.165) is 66.7 Å². The number of hydrogen-bond acceptors (Lipinski definition) is 4. The molecular weight excluding hydrogens is 496 g/mol. The van der Waals surface area contributed by atoms with Crippen molar-refractivity contribution in [2.24, 2.45) is 0 Å². The molecule has 0 amide bonds. The molecule has 40 heavy (non-hydrogen) atoms. The summed E-state index contributed by atoms with van der Waals surface area (Å²) in [5.41, 5.74) is 5.95. The monoisotopic (exact) mass is 536 g/mol. The van der Waals surface area contributed by atoms with E-state index in [1.165, 1.54) is 11.1 Å². The quantitative estimate of drug-likeness (QED) is 0.106. The zero-order chi connectivity index (χ0) is 27.8. The van der Waals surface area contributed by atoms with E-state index in [4.69, 9.17) is 14.2 Å². The van der Waals surface area contributed by atoms with Gasteiger partial charge < -0.3 is 14.2 Å². The third-order valence-corrected chi connectivity index (χ3v) is 6.87. The third-order valence-electron chi connectivity index (χ3n) is 6.87. The molecule has 0 fully saturated rings. The molecule has 0 saturated carbocycles. The second kappa shape index (κ2) is 16.1. The molecule has 4 nitrogen and oxygen atoms in total. The van der Waals surface area contributed by atoms with Gasteiger partial charge in [0, 0.05) is 12.5 Å². The third kappa shape index (κ3) is 9.60. The highest BCUT2D eigenvalue weighted by atomic mass is 16.5. The van der Waals surface area contributed by atoms with Crippen LogP contribution >= 0.6 is 0 Å². The molecular formula is C36H40O4. The molecule has 208 valence electrons. The summed E-state index contributed by atoms with van der Waals surface area (Å²) in [4.78, 5) is 11.8. The Balaban J connectivity index is 1.24. The van der Waals surface area contributed by atoms with Crippen LogP contribution in [0.4, 0.5) is 0 Å². The molecule has 4 aromatic carbocycles. The Hall–Kier alpha value is -4.05. The zero-order valence-corrected chi connectivity index (χ0v) is 23.5. The summed E-state index contributed by atoms with van der Waals surface area (Å²) in [6, 6.07) is 35.1. The Morgan fingerprint density at radius 1 is 0.625 bits per heavy atom. The zero-order valence-electron chi connectivity index (χ0n) is 23.5. The number of carbonyl (C=O) groups excluding carboxylic acids is 1. The number of hydrogen-bond donors (Lipinski definition) is 0. The molecule has 4 rings (SSSR count). The van der Waals surface area contributed by atoms with Crippen LogP contribution in [-0.4, -0.2) is 19.2 Å². The molecule has 4 aromatic rings. The van der Waals surface area contributed by atoms with Gasteiger partial charge in [-0.05, 0) is 72.6 Å². The standard InChI is InChI=1S/C36H40O4/c1-2-38-36(37)23-22-32-21-13-12-20-30(32)17-9-3-4-14-24-39-34-25-33(31-18-10-6-11-19-31)26-35(27-34)40-28-29-15-7-5-8-16-29/h5-8,10-13,15-16,18-21,25-27H,2-4,9,14,17,22-24,28H2,1H3. The van der Waals surface area contributed by atoms with Crippen molar-refractivity contribution in [3.05, 3.63) is 120 Å². The van der Waals surface area contributed by atoms with Gasteiger partial charge in [-0.2, -0.15) is 0 Å². The van der Waals surface area contributed by atoms with Crippen LogP contribution in [0.15, 0.2) is 103 Å². The molecule has 0 atom stereocenters. The number of esters is 1. The van der Waals surface area contributed by atoms with Crippen molar-refractivity contribution in [2.75, 3.05) is 13.2 Å². The SMILES string of the molecule is CCOC(=O)CCc1ccccc1CCCCCCOc1cc(OCc2ccccc2)cc(-c2ccccc2)c1. The number of aryl methyl sites for hydroxylation is 2. The van der Waals surface area contributed by atoms with E-state index in [2.05, 4.69) is 54.6 Å². The lowest BCUT2D eigenvalue weighted by molar-refractivity contribution is -0.143. The van der Waals surface area contributed by atoms with E-state index >= 15 is 0 Å². The summed E-state index contributed by atoms with van der Waals surface area (Å²) >= 11 is 0. The van der Waals surface area contributed by atoms with Gasteiger partial charge in [0.05, 0.1) is 13.2 Å². The van der Waals surface area contributed by atoms with Crippen molar-refractivity contribution >= 4 is 5.97 Å². The van der Waals surface area contributed by atoms with Crippen LogP contribution in [0.3, 0.4) is 0 Å². The van der Waals surface area contributed by atoms with Gasteiger partial charge in [0.25, 0.3) is 0 Å². The highest BCUT2D eigenvalue weighted by Crippen LogP contribution is 2.30. The van der Waals surface area contributed by atoms with Crippen molar-refractivity contribution in [3.63, 3.8) is 0 Å².